The highest BCUT2D eigenvalue weighted by Gasteiger charge is 2.12. The number of hydrogen-bond acceptors (Lipinski definition) is 3. The van der Waals surface area contributed by atoms with Crippen LogP contribution in [0, 0.1) is 17.2 Å². The van der Waals surface area contributed by atoms with E-state index in [1.165, 1.54) is 89.9 Å². The molecule has 0 aliphatic carbocycles. The Morgan fingerprint density at radius 1 is 0.760 bits per heavy atom. The number of carbonyl (C=O) groups is 1. The molecule has 1 unspecified atom stereocenters. The van der Waals surface area contributed by atoms with Gasteiger partial charge in [-0.15, -0.1) is 0 Å². The minimum atomic E-state index is -0.638. The molecule has 0 radical (unpaired) electrons. The summed E-state index contributed by atoms with van der Waals surface area (Å²) in [6.07, 6.45) is 21.4. The van der Waals surface area contributed by atoms with Gasteiger partial charge in [-0.3, -0.25) is 4.79 Å². The first-order valence-corrected chi connectivity index (χ1v) is 10.8. The van der Waals surface area contributed by atoms with Crippen LogP contribution in [0.5, 0.6) is 0 Å². The van der Waals surface area contributed by atoms with Crippen molar-refractivity contribution in [1.82, 2.24) is 0 Å². The first kappa shape index (κ1) is 24.0. The van der Waals surface area contributed by atoms with Crippen molar-refractivity contribution in [2.75, 3.05) is 6.61 Å². The van der Waals surface area contributed by atoms with Crippen molar-refractivity contribution in [1.29, 1.82) is 5.26 Å². The van der Waals surface area contributed by atoms with Crippen LogP contribution in [-0.4, -0.2) is 12.6 Å². The zero-order chi connectivity index (χ0) is 18.6. The van der Waals surface area contributed by atoms with Crippen LogP contribution in [0.15, 0.2) is 0 Å². The molecule has 0 bridgehead atoms. The van der Waals surface area contributed by atoms with E-state index in [2.05, 4.69) is 6.92 Å². The molecule has 0 rings (SSSR count). The molecular formula is C22H41NO2. The zero-order valence-corrected chi connectivity index (χ0v) is 16.9. The SMILES string of the molecule is CCCCCCCCCCCCCCCCCCOC(=O)C(C)C#N. The van der Waals surface area contributed by atoms with Crippen LogP contribution >= 0.6 is 0 Å². The first-order valence-electron chi connectivity index (χ1n) is 10.8. The lowest BCUT2D eigenvalue weighted by atomic mass is 10.0. The van der Waals surface area contributed by atoms with Crippen LogP contribution in [-0.2, 0) is 9.53 Å². The molecule has 0 aromatic heterocycles. The number of rotatable bonds is 18. The van der Waals surface area contributed by atoms with E-state index in [1.807, 2.05) is 6.07 Å². The number of carbonyl (C=O) groups excluding carboxylic acids is 1. The molecule has 0 fully saturated rings. The predicted molar refractivity (Wildman–Crippen MR) is 105 cm³/mol. The summed E-state index contributed by atoms with van der Waals surface area (Å²) in [7, 11) is 0. The maximum absolute atomic E-state index is 11.3. The summed E-state index contributed by atoms with van der Waals surface area (Å²) < 4.78 is 5.05. The van der Waals surface area contributed by atoms with Gasteiger partial charge in [0.25, 0.3) is 0 Å². The molecule has 0 amide bonds. The molecule has 146 valence electrons. The molecule has 0 aliphatic heterocycles. The second-order valence-electron chi connectivity index (χ2n) is 7.32. The Morgan fingerprint density at radius 3 is 1.48 bits per heavy atom. The molecule has 0 N–H and O–H groups in total. The average Bonchev–Trinajstić information content (AvgIpc) is 2.63. The summed E-state index contributed by atoms with van der Waals surface area (Å²) in [6, 6.07) is 1.90. The second-order valence-corrected chi connectivity index (χ2v) is 7.32. The van der Waals surface area contributed by atoms with E-state index in [4.69, 9.17) is 10.00 Å². The van der Waals surface area contributed by atoms with E-state index in [9.17, 15) is 4.79 Å². The van der Waals surface area contributed by atoms with Gasteiger partial charge in [0.15, 0.2) is 0 Å². The Morgan fingerprint density at radius 2 is 1.12 bits per heavy atom. The van der Waals surface area contributed by atoms with E-state index < -0.39 is 5.92 Å². The van der Waals surface area contributed by atoms with Crippen molar-refractivity contribution in [3.63, 3.8) is 0 Å². The van der Waals surface area contributed by atoms with Gasteiger partial charge in [-0.1, -0.05) is 103 Å². The van der Waals surface area contributed by atoms with E-state index in [-0.39, 0.29) is 5.97 Å². The fraction of sp³-hybridized carbons (Fsp3) is 0.909. The van der Waals surface area contributed by atoms with Gasteiger partial charge in [-0.25, -0.2) is 0 Å². The van der Waals surface area contributed by atoms with Gasteiger partial charge in [0, 0.05) is 0 Å². The van der Waals surface area contributed by atoms with Crippen LogP contribution in [0.4, 0.5) is 0 Å². The van der Waals surface area contributed by atoms with Gasteiger partial charge in [0.05, 0.1) is 12.7 Å². The van der Waals surface area contributed by atoms with E-state index in [0.717, 1.165) is 12.8 Å². The summed E-state index contributed by atoms with van der Waals surface area (Å²) in [5.74, 6) is -1.02. The third-order valence-corrected chi connectivity index (χ3v) is 4.79. The normalized spacial score (nSPS) is 11.9. The van der Waals surface area contributed by atoms with Crippen molar-refractivity contribution in [3.8, 4) is 6.07 Å². The first-order chi connectivity index (χ1) is 12.2. The van der Waals surface area contributed by atoms with Crippen molar-refractivity contribution in [2.24, 2.45) is 5.92 Å². The minimum absolute atomic E-state index is 0.386. The number of hydrogen-bond donors (Lipinski definition) is 0. The van der Waals surface area contributed by atoms with Crippen LogP contribution in [0.3, 0.4) is 0 Å². The lowest BCUT2D eigenvalue weighted by molar-refractivity contribution is -0.146. The van der Waals surface area contributed by atoms with E-state index in [0.29, 0.717) is 6.61 Å². The molecule has 1 atom stereocenters. The molecule has 0 aromatic rings. The zero-order valence-electron chi connectivity index (χ0n) is 16.9. The van der Waals surface area contributed by atoms with Crippen LogP contribution in [0.1, 0.15) is 117 Å². The van der Waals surface area contributed by atoms with Gasteiger partial charge in [-0.05, 0) is 13.3 Å². The monoisotopic (exact) mass is 351 g/mol. The average molecular weight is 352 g/mol. The summed E-state index contributed by atoms with van der Waals surface area (Å²) >= 11 is 0. The smallest absolute Gasteiger partial charge is 0.323 e. The molecule has 0 aliphatic rings. The molecular weight excluding hydrogens is 310 g/mol. The van der Waals surface area contributed by atoms with Crippen LogP contribution < -0.4 is 0 Å². The summed E-state index contributed by atoms with van der Waals surface area (Å²) in [5, 5.41) is 8.60. The van der Waals surface area contributed by atoms with Gasteiger partial charge < -0.3 is 4.74 Å². The number of ether oxygens (including phenoxy) is 1. The minimum Gasteiger partial charge on any atom is -0.465 e. The van der Waals surface area contributed by atoms with Crippen molar-refractivity contribution >= 4 is 5.97 Å². The molecule has 0 saturated heterocycles. The van der Waals surface area contributed by atoms with E-state index in [1.54, 1.807) is 6.92 Å². The third kappa shape index (κ3) is 17.6. The fourth-order valence-electron chi connectivity index (χ4n) is 3.00. The lowest BCUT2D eigenvalue weighted by Crippen LogP contribution is -2.13. The number of esters is 1. The summed E-state index contributed by atoms with van der Waals surface area (Å²) in [6.45, 7) is 4.31. The van der Waals surface area contributed by atoms with Gasteiger partial charge in [-0.2, -0.15) is 5.26 Å². The third-order valence-electron chi connectivity index (χ3n) is 4.79. The van der Waals surface area contributed by atoms with Crippen molar-refractivity contribution in [2.45, 2.75) is 117 Å². The van der Waals surface area contributed by atoms with Crippen molar-refractivity contribution < 1.29 is 9.53 Å². The summed E-state index contributed by atoms with van der Waals surface area (Å²) in [4.78, 5) is 11.3. The second kappa shape index (κ2) is 19.3. The Balaban J connectivity index is 3.10. The Bertz CT molecular complexity index is 335. The Labute approximate surface area is 156 Å². The number of nitrogens with zero attached hydrogens (tertiary/aromatic N) is 1. The lowest BCUT2D eigenvalue weighted by Gasteiger charge is -2.06. The molecule has 0 saturated carbocycles. The van der Waals surface area contributed by atoms with Gasteiger partial charge in [0.1, 0.15) is 5.92 Å². The molecule has 0 heterocycles. The maximum atomic E-state index is 11.3. The van der Waals surface area contributed by atoms with Crippen LogP contribution in [0.25, 0.3) is 0 Å². The fourth-order valence-corrected chi connectivity index (χ4v) is 3.00. The molecule has 0 aromatic carbocycles. The predicted octanol–water partition coefficient (Wildman–Crippen LogP) is 6.95. The van der Waals surface area contributed by atoms with Crippen LogP contribution in [0.2, 0.25) is 0 Å². The maximum Gasteiger partial charge on any atom is 0.323 e. The van der Waals surface area contributed by atoms with Gasteiger partial charge >= 0.3 is 5.97 Å². The highest BCUT2D eigenvalue weighted by molar-refractivity contribution is 5.74. The molecule has 3 heteroatoms. The molecule has 3 nitrogen and oxygen atoms in total. The largest absolute Gasteiger partial charge is 0.465 e. The number of nitriles is 1. The quantitative estimate of drug-likeness (QED) is 0.198. The molecule has 25 heavy (non-hydrogen) atoms. The van der Waals surface area contributed by atoms with E-state index >= 15 is 0 Å². The Kier molecular flexibility index (Phi) is 18.5. The topological polar surface area (TPSA) is 50.1 Å². The standard InChI is InChI=1S/C22H41NO2/c1-3-4-5-6-7-8-9-10-11-12-13-14-15-16-17-18-19-25-22(24)21(2)20-23/h21H,3-19H2,1-2H3. The number of unbranched alkanes of at least 4 members (excludes halogenated alkanes) is 15. The molecule has 0 spiro atoms. The Hall–Kier alpha value is -1.04. The summed E-state index contributed by atoms with van der Waals surface area (Å²) in [5.41, 5.74) is 0. The van der Waals surface area contributed by atoms with Crippen molar-refractivity contribution in [3.05, 3.63) is 0 Å². The van der Waals surface area contributed by atoms with Gasteiger partial charge in [0.2, 0.25) is 0 Å². The highest BCUT2D eigenvalue weighted by atomic mass is 16.5. The highest BCUT2D eigenvalue weighted by Crippen LogP contribution is 2.13.